The maximum Gasteiger partial charge on any atom is 0.0995 e. The van der Waals surface area contributed by atoms with Gasteiger partial charge in [-0.25, -0.2) is 4.98 Å². The highest BCUT2D eigenvalue weighted by atomic mass is 14.9. The fraction of sp³-hybridized carbons (Fsp3) is 0.167. The fourth-order valence-electron chi connectivity index (χ4n) is 1.52. The van der Waals surface area contributed by atoms with Crippen LogP contribution in [0.2, 0.25) is 0 Å². The number of aromatic nitrogens is 2. The van der Waals surface area contributed by atoms with E-state index >= 15 is 0 Å². The number of hydrogen-bond donors (Lipinski definition) is 2. The maximum absolute atomic E-state index is 8.90. The van der Waals surface area contributed by atoms with Gasteiger partial charge in [0.05, 0.1) is 30.2 Å². The SMILES string of the molecule is Cc1c(C#N)cccc1NCc1cnc[nH]1. The van der Waals surface area contributed by atoms with E-state index in [1.165, 1.54) is 0 Å². The fourth-order valence-corrected chi connectivity index (χ4v) is 1.52. The van der Waals surface area contributed by atoms with Crippen molar-refractivity contribution in [1.29, 1.82) is 5.26 Å². The average molecular weight is 212 g/mol. The molecule has 0 unspecified atom stereocenters. The zero-order valence-corrected chi connectivity index (χ0v) is 8.99. The molecule has 0 saturated carbocycles. The Balaban J connectivity index is 2.13. The van der Waals surface area contributed by atoms with Crippen molar-refractivity contribution < 1.29 is 0 Å². The summed E-state index contributed by atoms with van der Waals surface area (Å²) in [6, 6.07) is 7.83. The Kier molecular flexibility index (Phi) is 2.88. The van der Waals surface area contributed by atoms with Gasteiger partial charge < -0.3 is 10.3 Å². The summed E-state index contributed by atoms with van der Waals surface area (Å²) < 4.78 is 0. The van der Waals surface area contributed by atoms with Crippen LogP contribution >= 0.6 is 0 Å². The first-order valence-electron chi connectivity index (χ1n) is 5.02. The summed E-state index contributed by atoms with van der Waals surface area (Å²) in [4.78, 5) is 6.96. The Bertz CT molecular complexity index is 508. The molecule has 4 heteroatoms. The minimum absolute atomic E-state index is 0.676. The minimum atomic E-state index is 0.676. The maximum atomic E-state index is 8.90. The topological polar surface area (TPSA) is 64.5 Å². The van der Waals surface area contributed by atoms with Crippen LogP contribution < -0.4 is 5.32 Å². The highest BCUT2D eigenvalue weighted by Gasteiger charge is 2.02. The minimum Gasteiger partial charge on any atom is -0.379 e. The van der Waals surface area contributed by atoms with Gasteiger partial charge in [0.1, 0.15) is 0 Å². The number of rotatable bonds is 3. The molecular weight excluding hydrogens is 200 g/mol. The summed E-state index contributed by atoms with van der Waals surface area (Å²) >= 11 is 0. The Morgan fingerprint density at radius 2 is 2.38 bits per heavy atom. The average Bonchev–Trinajstić information content (AvgIpc) is 2.81. The molecular formula is C12H12N4. The van der Waals surface area contributed by atoms with Gasteiger partial charge in [-0.05, 0) is 24.6 Å². The number of aromatic amines is 1. The van der Waals surface area contributed by atoms with E-state index in [-0.39, 0.29) is 0 Å². The third kappa shape index (κ3) is 2.04. The van der Waals surface area contributed by atoms with Crippen LogP contribution in [0.3, 0.4) is 0 Å². The first-order chi connectivity index (χ1) is 7.81. The smallest absolute Gasteiger partial charge is 0.0995 e. The number of hydrogen-bond acceptors (Lipinski definition) is 3. The molecule has 1 aromatic heterocycles. The predicted octanol–water partition coefficient (Wildman–Crippen LogP) is 2.20. The number of anilines is 1. The van der Waals surface area contributed by atoms with E-state index in [4.69, 9.17) is 5.26 Å². The van der Waals surface area contributed by atoms with Crippen LogP contribution in [0.4, 0.5) is 5.69 Å². The summed E-state index contributed by atoms with van der Waals surface area (Å²) in [6.45, 7) is 2.61. The van der Waals surface area contributed by atoms with E-state index in [0.717, 1.165) is 16.9 Å². The molecule has 0 fully saturated rings. The second-order valence-electron chi connectivity index (χ2n) is 3.52. The van der Waals surface area contributed by atoms with E-state index in [0.29, 0.717) is 12.1 Å². The molecule has 4 nitrogen and oxygen atoms in total. The van der Waals surface area contributed by atoms with Crippen molar-refractivity contribution in [3.63, 3.8) is 0 Å². The molecule has 2 rings (SSSR count). The van der Waals surface area contributed by atoms with Gasteiger partial charge in [-0.3, -0.25) is 0 Å². The quantitative estimate of drug-likeness (QED) is 0.819. The number of imidazole rings is 1. The number of H-pyrrole nitrogens is 1. The van der Waals surface area contributed by atoms with Gasteiger partial charge in [0, 0.05) is 11.9 Å². The highest BCUT2D eigenvalue weighted by molar-refractivity contribution is 5.57. The standard InChI is InChI=1S/C12H12N4/c1-9-10(5-13)3-2-4-12(9)15-7-11-6-14-8-16-11/h2-4,6,8,15H,7H2,1H3,(H,14,16). The van der Waals surface area contributed by atoms with Crippen molar-refractivity contribution in [2.24, 2.45) is 0 Å². The van der Waals surface area contributed by atoms with E-state index in [1.807, 2.05) is 25.1 Å². The number of nitrogens with one attached hydrogen (secondary N) is 2. The summed E-state index contributed by atoms with van der Waals surface area (Å²) in [5.41, 5.74) is 3.68. The molecule has 0 aliphatic carbocycles. The van der Waals surface area contributed by atoms with Gasteiger partial charge in [-0.2, -0.15) is 5.26 Å². The van der Waals surface area contributed by atoms with Gasteiger partial charge in [0.15, 0.2) is 0 Å². The zero-order valence-electron chi connectivity index (χ0n) is 8.99. The van der Waals surface area contributed by atoms with Crippen LogP contribution in [0.5, 0.6) is 0 Å². The summed E-state index contributed by atoms with van der Waals surface area (Å²) in [5, 5.41) is 12.2. The van der Waals surface area contributed by atoms with Crippen molar-refractivity contribution in [2.75, 3.05) is 5.32 Å². The Morgan fingerprint density at radius 3 is 3.06 bits per heavy atom. The molecule has 0 spiro atoms. The zero-order chi connectivity index (χ0) is 11.4. The molecule has 0 aliphatic rings. The summed E-state index contributed by atoms with van der Waals surface area (Å²) in [5.74, 6) is 0. The van der Waals surface area contributed by atoms with Crippen molar-refractivity contribution >= 4 is 5.69 Å². The number of benzene rings is 1. The normalized spacial score (nSPS) is 9.75. The lowest BCUT2D eigenvalue weighted by atomic mass is 10.1. The van der Waals surface area contributed by atoms with Crippen LogP contribution in [0, 0.1) is 18.3 Å². The van der Waals surface area contributed by atoms with Crippen molar-refractivity contribution in [3.8, 4) is 6.07 Å². The van der Waals surface area contributed by atoms with Crippen molar-refractivity contribution in [1.82, 2.24) is 9.97 Å². The molecule has 0 amide bonds. The van der Waals surface area contributed by atoms with Crippen molar-refractivity contribution in [2.45, 2.75) is 13.5 Å². The third-order valence-corrected chi connectivity index (χ3v) is 2.48. The van der Waals surface area contributed by atoms with E-state index < -0.39 is 0 Å². The molecule has 0 radical (unpaired) electrons. The molecule has 0 saturated heterocycles. The molecule has 2 aromatic rings. The first kappa shape index (κ1) is 10.2. The van der Waals surface area contributed by atoms with Crippen molar-refractivity contribution in [3.05, 3.63) is 47.5 Å². The predicted molar refractivity (Wildman–Crippen MR) is 61.8 cm³/mol. The molecule has 80 valence electrons. The largest absolute Gasteiger partial charge is 0.379 e. The van der Waals surface area contributed by atoms with Crippen LogP contribution in [0.1, 0.15) is 16.8 Å². The van der Waals surface area contributed by atoms with Gasteiger partial charge in [-0.15, -0.1) is 0 Å². The van der Waals surface area contributed by atoms with Gasteiger partial charge in [-0.1, -0.05) is 6.07 Å². The first-order valence-corrected chi connectivity index (χ1v) is 5.02. The third-order valence-electron chi connectivity index (χ3n) is 2.48. The Hall–Kier alpha value is -2.28. The second-order valence-corrected chi connectivity index (χ2v) is 3.52. The van der Waals surface area contributed by atoms with E-state index in [9.17, 15) is 0 Å². The second kappa shape index (κ2) is 4.49. The molecule has 2 N–H and O–H groups in total. The molecule has 0 atom stereocenters. The highest BCUT2D eigenvalue weighted by Crippen LogP contribution is 2.18. The number of nitriles is 1. The van der Waals surface area contributed by atoms with Crippen LogP contribution in [0.25, 0.3) is 0 Å². The van der Waals surface area contributed by atoms with Gasteiger partial charge in [0.2, 0.25) is 0 Å². The molecule has 16 heavy (non-hydrogen) atoms. The lowest BCUT2D eigenvalue weighted by Crippen LogP contribution is -2.02. The molecule has 0 bridgehead atoms. The Morgan fingerprint density at radius 1 is 1.50 bits per heavy atom. The summed E-state index contributed by atoms with van der Waals surface area (Å²) in [7, 11) is 0. The lowest BCUT2D eigenvalue weighted by Gasteiger charge is -2.09. The lowest BCUT2D eigenvalue weighted by molar-refractivity contribution is 1.07. The monoisotopic (exact) mass is 212 g/mol. The van der Waals surface area contributed by atoms with E-state index in [2.05, 4.69) is 21.4 Å². The summed E-state index contributed by atoms with van der Waals surface area (Å²) in [6.07, 6.45) is 3.42. The molecule has 1 aromatic carbocycles. The van der Waals surface area contributed by atoms with Gasteiger partial charge in [0.25, 0.3) is 0 Å². The Labute approximate surface area is 94.0 Å². The van der Waals surface area contributed by atoms with Gasteiger partial charge >= 0.3 is 0 Å². The van der Waals surface area contributed by atoms with Crippen LogP contribution in [0.15, 0.2) is 30.7 Å². The molecule has 1 heterocycles. The van der Waals surface area contributed by atoms with E-state index in [1.54, 1.807) is 12.5 Å². The van der Waals surface area contributed by atoms with Crippen LogP contribution in [-0.2, 0) is 6.54 Å². The molecule has 0 aliphatic heterocycles. The van der Waals surface area contributed by atoms with Crippen LogP contribution in [-0.4, -0.2) is 9.97 Å². The number of nitrogens with zero attached hydrogens (tertiary/aromatic N) is 2.